The van der Waals surface area contributed by atoms with E-state index in [-0.39, 0.29) is 29.7 Å². The van der Waals surface area contributed by atoms with Gasteiger partial charge in [0.2, 0.25) is 0 Å². The van der Waals surface area contributed by atoms with E-state index in [1.807, 2.05) is 24.3 Å². The van der Waals surface area contributed by atoms with Crippen molar-refractivity contribution < 1.29 is 18.6 Å². The molecule has 0 bridgehead atoms. The molecule has 4 atom stereocenters. The molecule has 33 heavy (non-hydrogen) atoms. The molecule has 0 radical (unpaired) electrons. The van der Waals surface area contributed by atoms with Gasteiger partial charge in [0.25, 0.3) is 6.02 Å². The lowest BCUT2D eigenvalue weighted by atomic mass is 9.67. The average molecular weight is 448 g/mol. The van der Waals surface area contributed by atoms with Gasteiger partial charge in [0, 0.05) is 11.5 Å². The maximum Gasteiger partial charge on any atom is 0.283 e. The van der Waals surface area contributed by atoms with E-state index in [2.05, 4.69) is 0 Å². The number of fused-ring (bicyclic) bond motifs is 4. The quantitative estimate of drug-likeness (QED) is 0.753. The number of nitrogens with two attached hydrogens (primary N) is 1. The molecule has 2 N–H and O–H groups in total. The Morgan fingerprint density at radius 1 is 1.09 bits per heavy atom. The van der Waals surface area contributed by atoms with Crippen LogP contribution in [0.15, 0.2) is 41.4 Å². The zero-order valence-electron chi connectivity index (χ0n) is 18.3. The van der Waals surface area contributed by atoms with Gasteiger partial charge in [-0.2, -0.15) is 5.26 Å². The first-order chi connectivity index (χ1) is 16.0. The number of nitrogens with zero attached hydrogens (tertiary/aromatic N) is 2. The predicted molar refractivity (Wildman–Crippen MR) is 120 cm³/mol. The highest BCUT2D eigenvalue weighted by molar-refractivity contribution is 5.75. The molecule has 1 spiro atoms. The molecule has 2 aromatic rings. The molecule has 2 fully saturated rings. The summed E-state index contributed by atoms with van der Waals surface area (Å²) in [6, 6.07) is 12.4. The molecule has 6 rings (SSSR count). The lowest BCUT2D eigenvalue weighted by Gasteiger charge is -2.48. The SMILES string of the molecule is N#Cc1cc(F)cc(-c2ccc3c(c2)C2(COC(N)=N2)[C@H]2C[C@@H](OC4CCC4)CCC2O3)c1. The van der Waals surface area contributed by atoms with Crippen LogP contribution in [0.25, 0.3) is 11.1 Å². The number of amidine groups is 1. The second-order valence-electron chi connectivity index (χ2n) is 9.60. The van der Waals surface area contributed by atoms with Crippen molar-refractivity contribution in [2.75, 3.05) is 6.61 Å². The molecule has 0 amide bonds. The molecule has 7 heteroatoms. The largest absolute Gasteiger partial charge is 0.490 e. The third kappa shape index (κ3) is 3.44. The van der Waals surface area contributed by atoms with Gasteiger partial charge in [-0.15, -0.1) is 0 Å². The first-order valence-electron chi connectivity index (χ1n) is 11.7. The summed E-state index contributed by atoms with van der Waals surface area (Å²) in [4.78, 5) is 4.85. The molecule has 2 saturated carbocycles. The normalized spacial score (nSPS) is 30.3. The van der Waals surface area contributed by atoms with Crippen LogP contribution in [0.2, 0.25) is 0 Å². The maximum absolute atomic E-state index is 14.1. The molecule has 2 aromatic carbocycles. The van der Waals surface area contributed by atoms with E-state index in [9.17, 15) is 9.65 Å². The standard InChI is InChI=1S/C26H26FN3O3/c27-18-9-15(13-28)8-17(10-18)16-4-6-23-21(11-16)26(14-31-25(29)30-26)22-12-20(5-7-24(22)33-23)32-19-2-1-3-19/h4,6,8-11,19-20,22,24H,1-3,5,7,12,14H2,(H2,29,30)/t20-,22-,24?,26?/m0/s1. The number of hydrogen-bond acceptors (Lipinski definition) is 6. The van der Waals surface area contributed by atoms with Gasteiger partial charge in [-0.05, 0) is 80.0 Å². The van der Waals surface area contributed by atoms with E-state index in [4.69, 9.17) is 24.9 Å². The zero-order chi connectivity index (χ0) is 22.6. The lowest BCUT2D eigenvalue weighted by molar-refractivity contribution is -0.106. The summed E-state index contributed by atoms with van der Waals surface area (Å²) < 4.78 is 32.7. The fraction of sp³-hybridized carbons (Fsp3) is 0.462. The number of nitriles is 1. The molecule has 2 aliphatic carbocycles. The number of halogens is 1. The van der Waals surface area contributed by atoms with E-state index in [1.165, 1.54) is 18.6 Å². The monoisotopic (exact) mass is 447 g/mol. The Bertz CT molecular complexity index is 1170. The molecule has 2 heterocycles. The molecule has 2 aliphatic heterocycles. The summed E-state index contributed by atoms with van der Waals surface area (Å²) in [5.74, 6) is 0.391. The minimum Gasteiger partial charge on any atom is -0.490 e. The molecule has 0 aromatic heterocycles. The summed E-state index contributed by atoms with van der Waals surface area (Å²) in [7, 11) is 0. The van der Waals surface area contributed by atoms with E-state index in [0.29, 0.717) is 18.3 Å². The van der Waals surface area contributed by atoms with Crippen molar-refractivity contribution in [3.05, 3.63) is 53.3 Å². The van der Waals surface area contributed by atoms with Crippen molar-refractivity contribution in [2.45, 2.75) is 62.4 Å². The maximum atomic E-state index is 14.1. The van der Waals surface area contributed by atoms with Gasteiger partial charge < -0.3 is 19.9 Å². The van der Waals surface area contributed by atoms with Crippen molar-refractivity contribution in [3.63, 3.8) is 0 Å². The molecule has 0 saturated heterocycles. The Morgan fingerprint density at radius 3 is 2.70 bits per heavy atom. The van der Waals surface area contributed by atoms with Gasteiger partial charge in [-0.25, -0.2) is 9.38 Å². The van der Waals surface area contributed by atoms with E-state index in [1.54, 1.807) is 6.07 Å². The van der Waals surface area contributed by atoms with Crippen LogP contribution >= 0.6 is 0 Å². The van der Waals surface area contributed by atoms with Gasteiger partial charge in [-0.1, -0.05) is 6.07 Å². The average Bonchev–Trinajstić information content (AvgIpc) is 3.18. The third-order valence-electron chi connectivity index (χ3n) is 7.62. The number of aliphatic imine (C=N–C) groups is 1. The summed E-state index contributed by atoms with van der Waals surface area (Å²) in [6.07, 6.45) is 6.81. The van der Waals surface area contributed by atoms with Crippen LogP contribution in [0.5, 0.6) is 5.75 Å². The minimum absolute atomic E-state index is 0.0159. The number of benzene rings is 2. The van der Waals surface area contributed by atoms with Crippen molar-refractivity contribution in [1.29, 1.82) is 5.26 Å². The Labute approximate surface area is 192 Å². The van der Waals surface area contributed by atoms with Crippen LogP contribution in [0.3, 0.4) is 0 Å². The fourth-order valence-electron chi connectivity index (χ4n) is 5.76. The van der Waals surface area contributed by atoms with Crippen LogP contribution in [0.4, 0.5) is 4.39 Å². The molecular formula is C26H26FN3O3. The van der Waals surface area contributed by atoms with Crippen LogP contribution in [-0.4, -0.2) is 30.9 Å². The summed E-state index contributed by atoms with van der Waals surface area (Å²) in [5.41, 5.74) is 7.99. The van der Waals surface area contributed by atoms with Crippen molar-refractivity contribution in [1.82, 2.24) is 0 Å². The van der Waals surface area contributed by atoms with Gasteiger partial charge in [0.15, 0.2) is 0 Å². The van der Waals surface area contributed by atoms with Gasteiger partial charge in [0.05, 0.1) is 23.8 Å². The molecule has 6 nitrogen and oxygen atoms in total. The van der Waals surface area contributed by atoms with Crippen LogP contribution < -0.4 is 10.5 Å². The van der Waals surface area contributed by atoms with Crippen molar-refractivity contribution in [3.8, 4) is 22.9 Å². The Balaban J connectivity index is 1.41. The number of ether oxygens (including phenoxy) is 3. The number of rotatable bonds is 3. The van der Waals surface area contributed by atoms with Gasteiger partial charge in [0.1, 0.15) is 29.8 Å². The smallest absolute Gasteiger partial charge is 0.283 e. The summed E-state index contributed by atoms with van der Waals surface area (Å²) >= 11 is 0. The second kappa shape index (κ2) is 7.74. The van der Waals surface area contributed by atoms with Gasteiger partial charge in [-0.3, -0.25) is 0 Å². The van der Waals surface area contributed by atoms with Crippen LogP contribution in [0.1, 0.15) is 49.7 Å². The highest BCUT2D eigenvalue weighted by Gasteiger charge is 2.56. The summed E-state index contributed by atoms with van der Waals surface area (Å²) in [6.45, 7) is 0.350. The summed E-state index contributed by atoms with van der Waals surface area (Å²) in [5, 5.41) is 9.26. The predicted octanol–water partition coefficient (Wildman–Crippen LogP) is 4.40. The first kappa shape index (κ1) is 20.5. The highest BCUT2D eigenvalue weighted by Crippen LogP contribution is 2.53. The second-order valence-corrected chi connectivity index (χ2v) is 9.60. The van der Waals surface area contributed by atoms with E-state index in [0.717, 1.165) is 49.0 Å². The Morgan fingerprint density at radius 2 is 1.97 bits per heavy atom. The van der Waals surface area contributed by atoms with E-state index >= 15 is 0 Å². The Hall–Kier alpha value is -3.11. The Kier molecular flexibility index (Phi) is 4.81. The first-order valence-corrected chi connectivity index (χ1v) is 11.7. The molecular weight excluding hydrogens is 421 g/mol. The molecule has 2 unspecified atom stereocenters. The van der Waals surface area contributed by atoms with Crippen LogP contribution in [-0.2, 0) is 15.0 Å². The van der Waals surface area contributed by atoms with Crippen molar-refractivity contribution in [2.24, 2.45) is 16.6 Å². The third-order valence-corrected chi connectivity index (χ3v) is 7.62. The highest BCUT2D eigenvalue weighted by atomic mass is 19.1. The van der Waals surface area contributed by atoms with E-state index < -0.39 is 11.4 Å². The topological polar surface area (TPSA) is 89.9 Å². The van der Waals surface area contributed by atoms with Crippen LogP contribution in [0, 0.1) is 23.1 Å². The number of hydrogen-bond donors (Lipinski definition) is 1. The zero-order valence-corrected chi connectivity index (χ0v) is 18.3. The lowest BCUT2D eigenvalue weighted by Crippen LogP contribution is -2.52. The minimum atomic E-state index is -0.661. The fourth-order valence-corrected chi connectivity index (χ4v) is 5.76. The van der Waals surface area contributed by atoms with Gasteiger partial charge >= 0.3 is 0 Å². The van der Waals surface area contributed by atoms with Crippen molar-refractivity contribution >= 4 is 6.02 Å². The molecule has 170 valence electrons. The molecule has 4 aliphatic rings.